The van der Waals surface area contributed by atoms with Crippen LogP contribution in [-0.2, 0) is 19.5 Å². The fourth-order valence-electron chi connectivity index (χ4n) is 4.27. The molecule has 0 fully saturated rings. The second-order valence-corrected chi connectivity index (χ2v) is 8.71. The number of nitrogens with one attached hydrogen (secondary N) is 1. The van der Waals surface area contributed by atoms with Gasteiger partial charge in [0.05, 0.1) is 5.56 Å². The predicted octanol–water partition coefficient (Wildman–Crippen LogP) is 3.13. The third kappa shape index (κ3) is 4.56. The number of hydrogen-bond donors (Lipinski definition) is 1. The number of aromatic nitrogens is 2. The molecule has 1 aliphatic heterocycles. The first-order valence-corrected chi connectivity index (χ1v) is 11.0. The smallest absolute Gasteiger partial charge is 0.265 e. The minimum Gasteiger partial charge on any atom is -0.442 e. The van der Waals surface area contributed by atoms with Crippen LogP contribution in [0.3, 0.4) is 0 Å². The van der Waals surface area contributed by atoms with Crippen molar-refractivity contribution in [1.82, 2.24) is 19.8 Å². The van der Waals surface area contributed by atoms with Crippen molar-refractivity contribution in [3.8, 4) is 0 Å². The van der Waals surface area contributed by atoms with Crippen LogP contribution in [0.5, 0.6) is 0 Å². The number of benzene rings is 1. The number of amides is 1. The van der Waals surface area contributed by atoms with Gasteiger partial charge in [-0.15, -0.1) is 0 Å². The Morgan fingerprint density at radius 3 is 2.81 bits per heavy atom. The summed E-state index contributed by atoms with van der Waals surface area (Å²) in [7, 11) is 0. The number of nitrogens with zero attached hydrogens (tertiary/aromatic N) is 3. The molecule has 0 spiro atoms. The number of fused-ring (bicyclic) bond motifs is 2. The highest BCUT2D eigenvalue weighted by Crippen LogP contribution is 2.21. The molecule has 0 bridgehead atoms. The minimum atomic E-state index is -0.276. The molecule has 164 valence electrons. The van der Waals surface area contributed by atoms with E-state index in [1.165, 1.54) is 17.5 Å². The molecular weight excluding hydrogens is 392 g/mol. The minimum absolute atomic E-state index is 0.222. The van der Waals surface area contributed by atoms with Gasteiger partial charge in [0.15, 0.2) is 0 Å². The lowest BCUT2D eigenvalue weighted by atomic mass is 10.00. The molecule has 3 aromatic rings. The van der Waals surface area contributed by atoms with Crippen molar-refractivity contribution >= 4 is 17.0 Å². The second kappa shape index (κ2) is 9.06. The Morgan fingerprint density at radius 2 is 2.03 bits per heavy atom. The lowest BCUT2D eigenvalue weighted by Gasteiger charge is -2.28. The summed E-state index contributed by atoms with van der Waals surface area (Å²) in [5.41, 5.74) is 3.12. The summed E-state index contributed by atoms with van der Waals surface area (Å²) in [5, 5.41) is 3.23. The molecule has 0 saturated carbocycles. The lowest BCUT2D eigenvalue weighted by Crippen LogP contribution is -2.34. The third-order valence-corrected chi connectivity index (χ3v) is 5.79. The monoisotopic (exact) mass is 422 g/mol. The molecule has 7 heteroatoms. The zero-order valence-corrected chi connectivity index (χ0v) is 18.5. The first-order chi connectivity index (χ1) is 14.9. The van der Waals surface area contributed by atoms with E-state index in [4.69, 9.17) is 4.42 Å². The maximum atomic E-state index is 12.9. The van der Waals surface area contributed by atoms with E-state index < -0.39 is 0 Å². The number of aryl methyl sites for hydroxylation is 1. The van der Waals surface area contributed by atoms with E-state index in [1.807, 2.05) is 13.8 Å². The van der Waals surface area contributed by atoms with E-state index in [0.29, 0.717) is 30.3 Å². The summed E-state index contributed by atoms with van der Waals surface area (Å²) >= 11 is 0. The molecular formula is C24H30N4O3. The van der Waals surface area contributed by atoms with Crippen molar-refractivity contribution in [1.29, 1.82) is 0 Å². The van der Waals surface area contributed by atoms with E-state index in [1.54, 1.807) is 11.5 Å². The van der Waals surface area contributed by atoms with Crippen molar-refractivity contribution in [2.45, 2.75) is 46.7 Å². The summed E-state index contributed by atoms with van der Waals surface area (Å²) < 4.78 is 7.15. The van der Waals surface area contributed by atoms with Gasteiger partial charge in [0, 0.05) is 32.7 Å². The molecule has 1 amide bonds. The van der Waals surface area contributed by atoms with Gasteiger partial charge in [-0.05, 0) is 36.8 Å². The fraction of sp³-hybridized carbons (Fsp3) is 0.458. The van der Waals surface area contributed by atoms with Crippen LogP contribution in [0.2, 0.25) is 0 Å². The second-order valence-electron chi connectivity index (χ2n) is 8.71. The third-order valence-electron chi connectivity index (χ3n) is 5.79. The number of carbonyl (C=O) groups excluding carboxylic acids is 1. The Balaban J connectivity index is 1.39. The molecule has 0 unspecified atom stereocenters. The Bertz CT molecular complexity index is 1150. The van der Waals surface area contributed by atoms with Crippen LogP contribution in [0.25, 0.3) is 11.1 Å². The number of rotatable bonds is 7. The van der Waals surface area contributed by atoms with E-state index >= 15 is 0 Å². The van der Waals surface area contributed by atoms with Crippen LogP contribution in [-0.4, -0.2) is 40.0 Å². The molecule has 0 aliphatic carbocycles. The molecule has 2 aromatic heterocycles. The topological polar surface area (TPSA) is 80.4 Å². The maximum Gasteiger partial charge on any atom is 0.265 e. The molecule has 1 aliphatic rings. The highest BCUT2D eigenvalue weighted by atomic mass is 16.3. The molecule has 0 saturated heterocycles. The highest BCUT2D eigenvalue weighted by molar-refractivity contribution is 6.06. The van der Waals surface area contributed by atoms with Crippen molar-refractivity contribution in [3.63, 3.8) is 0 Å². The van der Waals surface area contributed by atoms with Gasteiger partial charge in [-0.2, -0.15) is 0 Å². The zero-order chi connectivity index (χ0) is 22.0. The van der Waals surface area contributed by atoms with Gasteiger partial charge >= 0.3 is 0 Å². The Hall–Kier alpha value is -2.93. The van der Waals surface area contributed by atoms with Crippen LogP contribution in [0.1, 0.15) is 47.5 Å². The van der Waals surface area contributed by atoms with Crippen molar-refractivity contribution in [2.24, 2.45) is 5.92 Å². The summed E-state index contributed by atoms with van der Waals surface area (Å²) in [6.07, 6.45) is 3.41. The zero-order valence-electron chi connectivity index (χ0n) is 18.5. The van der Waals surface area contributed by atoms with Gasteiger partial charge in [-0.1, -0.05) is 38.1 Å². The summed E-state index contributed by atoms with van der Waals surface area (Å²) in [6, 6.07) is 8.58. The summed E-state index contributed by atoms with van der Waals surface area (Å²) in [6.45, 7) is 9.78. The van der Waals surface area contributed by atoms with Gasteiger partial charge in [0.25, 0.3) is 11.5 Å². The van der Waals surface area contributed by atoms with E-state index in [-0.39, 0.29) is 22.6 Å². The SMILES string of the molecule is Cc1oc2ncn(CC(C)C)c(=O)c2c1C(=O)NCCCN1CCc2ccccc2C1. The summed E-state index contributed by atoms with van der Waals surface area (Å²) in [4.78, 5) is 32.5. The standard InChI is InChI=1S/C24H30N4O3/c1-16(2)13-28-15-26-23-21(24(28)30)20(17(3)31-23)22(29)25-10-6-11-27-12-9-18-7-4-5-8-19(18)14-27/h4-5,7-8,15-16H,6,9-14H2,1-3H3,(H,25,29). The number of furan rings is 1. The predicted molar refractivity (Wildman–Crippen MR) is 120 cm³/mol. The van der Waals surface area contributed by atoms with Crippen molar-refractivity contribution < 1.29 is 9.21 Å². The normalized spacial score (nSPS) is 14.2. The van der Waals surface area contributed by atoms with Crippen LogP contribution >= 0.6 is 0 Å². The van der Waals surface area contributed by atoms with E-state index in [0.717, 1.165) is 32.5 Å². The molecule has 0 atom stereocenters. The first kappa shape index (κ1) is 21.3. The summed E-state index contributed by atoms with van der Waals surface area (Å²) in [5.74, 6) is 0.442. The van der Waals surface area contributed by atoms with Gasteiger partial charge in [-0.3, -0.25) is 19.1 Å². The van der Waals surface area contributed by atoms with Gasteiger partial charge in [0.1, 0.15) is 17.5 Å². The van der Waals surface area contributed by atoms with Crippen LogP contribution in [0.15, 0.2) is 39.8 Å². The maximum absolute atomic E-state index is 12.9. The molecule has 3 heterocycles. The van der Waals surface area contributed by atoms with Crippen molar-refractivity contribution in [2.75, 3.05) is 19.6 Å². The quantitative estimate of drug-likeness (QED) is 0.592. The molecule has 7 nitrogen and oxygen atoms in total. The van der Waals surface area contributed by atoms with Crippen LogP contribution < -0.4 is 10.9 Å². The fourth-order valence-corrected chi connectivity index (χ4v) is 4.27. The van der Waals surface area contributed by atoms with Crippen molar-refractivity contribution in [3.05, 3.63) is 63.4 Å². The Morgan fingerprint density at radius 1 is 1.26 bits per heavy atom. The Labute approximate surface area is 182 Å². The number of carbonyl (C=O) groups is 1. The highest BCUT2D eigenvalue weighted by Gasteiger charge is 2.23. The van der Waals surface area contributed by atoms with E-state index in [2.05, 4.69) is 39.5 Å². The van der Waals surface area contributed by atoms with E-state index in [9.17, 15) is 9.59 Å². The molecule has 4 rings (SSSR count). The van der Waals surface area contributed by atoms with Crippen LogP contribution in [0.4, 0.5) is 0 Å². The molecule has 1 aromatic carbocycles. The molecule has 1 N–H and O–H groups in total. The lowest BCUT2D eigenvalue weighted by molar-refractivity contribution is 0.0951. The average Bonchev–Trinajstić information content (AvgIpc) is 3.09. The molecule has 0 radical (unpaired) electrons. The first-order valence-electron chi connectivity index (χ1n) is 11.0. The van der Waals surface area contributed by atoms with Gasteiger partial charge < -0.3 is 9.73 Å². The largest absolute Gasteiger partial charge is 0.442 e. The molecule has 31 heavy (non-hydrogen) atoms. The number of hydrogen-bond acceptors (Lipinski definition) is 5. The average molecular weight is 423 g/mol. The van der Waals surface area contributed by atoms with Gasteiger partial charge in [0.2, 0.25) is 5.71 Å². The Kier molecular flexibility index (Phi) is 6.23. The van der Waals surface area contributed by atoms with Crippen LogP contribution in [0, 0.1) is 12.8 Å². The van der Waals surface area contributed by atoms with Gasteiger partial charge in [-0.25, -0.2) is 4.98 Å².